The van der Waals surface area contributed by atoms with E-state index < -0.39 is 0 Å². The van der Waals surface area contributed by atoms with Crippen molar-refractivity contribution in [2.45, 2.75) is 12.5 Å². The Labute approximate surface area is 104 Å². The van der Waals surface area contributed by atoms with Crippen LogP contribution in [-0.2, 0) is 13.5 Å². The Morgan fingerprint density at radius 2 is 2.24 bits per heavy atom. The van der Waals surface area contributed by atoms with Crippen molar-refractivity contribution in [1.29, 1.82) is 0 Å². The lowest BCUT2D eigenvalue weighted by Gasteiger charge is -2.12. The molecule has 0 saturated carbocycles. The molecule has 1 aromatic carbocycles. The summed E-state index contributed by atoms with van der Waals surface area (Å²) in [6, 6.07) is 6.01. The predicted octanol–water partition coefficient (Wildman–Crippen LogP) is 2.46. The molecule has 5 heteroatoms. The summed E-state index contributed by atoms with van der Waals surface area (Å²) in [5.41, 5.74) is 7.41. The van der Waals surface area contributed by atoms with Crippen LogP contribution >= 0.6 is 11.6 Å². The van der Waals surface area contributed by atoms with Gasteiger partial charge in [-0.25, -0.2) is 4.39 Å². The lowest BCUT2D eigenvalue weighted by Crippen LogP contribution is -2.17. The van der Waals surface area contributed by atoms with Gasteiger partial charge in [-0.15, -0.1) is 0 Å². The first-order valence-corrected chi connectivity index (χ1v) is 5.63. The first kappa shape index (κ1) is 12.1. The number of halogens is 2. The van der Waals surface area contributed by atoms with E-state index >= 15 is 0 Å². The van der Waals surface area contributed by atoms with Crippen molar-refractivity contribution in [2.75, 3.05) is 0 Å². The van der Waals surface area contributed by atoms with Crippen molar-refractivity contribution in [3.63, 3.8) is 0 Å². The molecule has 1 aromatic heterocycles. The Kier molecular flexibility index (Phi) is 3.45. The SMILES string of the molecule is Cn1nccc1C(N)Cc1cc(Cl)ccc1F. The molecule has 2 aromatic rings. The van der Waals surface area contributed by atoms with Gasteiger partial charge >= 0.3 is 0 Å². The monoisotopic (exact) mass is 253 g/mol. The lowest BCUT2D eigenvalue weighted by molar-refractivity contribution is 0.574. The van der Waals surface area contributed by atoms with Gasteiger partial charge in [-0.2, -0.15) is 5.10 Å². The van der Waals surface area contributed by atoms with Crippen LogP contribution in [0.1, 0.15) is 17.3 Å². The minimum atomic E-state index is -0.296. The number of aromatic nitrogens is 2. The van der Waals surface area contributed by atoms with Gasteiger partial charge in [0, 0.05) is 18.3 Å². The Morgan fingerprint density at radius 3 is 2.88 bits per heavy atom. The number of benzene rings is 1. The predicted molar refractivity (Wildman–Crippen MR) is 65.3 cm³/mol. The minimum absolute atomic E-state index is 0.285. The molecule has 2 N–H and O–H groups in total. The highest BCUT2D eigenvalue weighted by molar-refractivity contribution is 6.30. The number of nitrogens with two attached hydrogens (primary N) is 1. The third-order valence-electron chi connectivity index (χ3n) is 2.69. The molecule has 0 aliphatic rings. The van der Waals surface area contributed by atoms with Crippen LogP contribution < -0.4 is 5.73 Å². The molecule has 0 saturated heterocycles. The molecule has 2 rings (SSSR count). The highest BCUT2D eigenvalue weighted by atomic mass is 35.5. The Balaban J connectivity index is 2.21. The Hall–Kier alpha value is -1.39. The second-order valence-corrected chi connectivity index (χ2v) is 4.36. The molecule has 17 heavy (non-hydrogen) atoms. The number of hydrogen-bond donors (Lipinski definition) is 1. The van der Waals surface area contributed by atoms with Crippen molar-refractivity contribution in [2.24, 2.45) is 12.8 Å². The molecule has 90 valence electrons. The second kappa shape index (κ2) is 4.85. The Morgan fingerprint density at radius 1 is 1.47 bits per heavy atom. The van der Waals surface area contributed by atoms with Crippen molar-refractivity contribution in [3.8, 4) is 0 Å². The van der Waals surface area contributed by atoms with Crippen molar-refractivity contribution in [1.82, 2.24) is 9.78 Å². The summed E-state index contributed by atoms with van der Waals surface area (Å²) in [7, 11) is 1.81. The van der Waals surface area contributed by atoms with Crippen LogP contribution in [0.3, 0.4) is 0 Å². The zero-order valence-corrected chi connectivity index (χ0v) is 10.2. The van der Waals surface area contributed by atoms with Crippen molar-refractivity contribution < 1.29 is 4.39 Å². The molecule has 0 radical (unpaired) electrons. The summed E-state index contributed by atoms with van der Waals surface area (Å²) in [6.07, 6.45) is 2.06. The second-order valence-electron chi connectivity index (χ2n) is 3.93. The van der Waals surface area contributed by atoms with Crippen molar-refractivity contribution >= 4 is 11.6 Å². The van der Waals surface area contributed by atoms with Crippen LogP contribution in [0.2, 0.25) is 5.02 Å². The van der Waals surface area contributed by atoms with Gasteiger partial charge in [0.2, 0.25) is 0 Å². The van der Waals surface area contributed by atoms with Crippen LogP contribution in [0.4, 0.5) is 4.39 Å². The fourth-order valence-electron chi connectivity index (χ4n) is 1.79. The van der Waals surface area contributed by atoms with E-state index in [0.717, 1.165) is 5.69 Å². The van der Waals surface area contributed by atoms with E-state index in [1.165, 1.54) is 12.1 Å². The molecule has 1 atom stereocenters. The molecule has 1 unspecified atom stereocenters. The van der Waals surface area contributed by atoms with Gasteiger partial charge in [-0.3, -0.25) is 4.68 Å². The number of rotatable bonds is 3. The molecule has 0 bridgehead atoms. The average molecular weight is 254 g/mol. The van der Waals surface area contributed by atoms with Gasteiger partial charge in [0.1, 0.15) is 5.82 Å². The molecular weight excluding hydrogens is 241 g/mol. The molecule has 0 spiro atoms. The van der Waals surface area contributed by atoms with E-state index in [0.29, 0.717) is 17.0 Å². The largest absolute Gasteiger partial charge is 0.322 e. The highest BCUT2D eigenvalue weighted by Gasteiger charge is 2.13. The molecule has 0 aliphatic carbocycles. The van der Waals surface area contributed by atoms with E-state index in [2.05, 4.69) is 5.10 Å². The molecular formula is C12H13ClFN3. The van der Waals surface area contributed by atoms with Crippen LogP contribution in [0.25, 0.3) is 0 Å². The third-order valence-corrected chi connectivity index (χ3v) is 2.92. The summed E-state index contributed by atoms with van der Waals surface area (Å²) < 4.78 is 15.2. The van der Waals surface area contributed by atoms with E-state index in [1.54, 1.807) is 16.9 Å². The maximum Gasteiger partial charge on any atom is 0.126 e. The first-order chi connectivity index (χ1) is 8.08. The quantitative estimate of drug-likeness (QED) is 0.913. The zero-order chi connectivity index (χ0) is 12.4. The standard InChI is InChI=1S/C12H13ClFN3/c1-17-12(4-5-16-17)11(15)7-8-6-9(13)2-3-10(8)14/h2-6,11H,7,15H2,1H3. The molecule has 0 amide bonds. The van der Waals surface area contributed by atoms with Gasteiger partial charge in [0.25, 0.3) is 0 Å². The molecule has 0 aliphatic heterocycles. The highest BCUT2D eigenvalue weighted by Crippen LogP contribution is 2.20. The maximum absolute atomic E-state index is 13.5. The maximum atomic E-state index is 13.5. The average Bonchev–Trinajstić information content (AvgIpc) is 2.70. The van der Waals surface area contributed by atoms with Gasteiger partial charge < -0.3 is 5.73 Å². The number of nitrogens with zero attached hydrogens (tertiary/aromatic N) is 2. The van der Waals surface area contributed by atoms with E-state index in [9.17, 15) is 4.39 Å². The Bertz CT molecular complexity index is 524. The normalized spacial score (nSPS) is 12.7. The fourth-order valence-corrected chi connectivity index (χ4v) is 1.98. The van der Waals surface area contributed by atoms with Gasteiger partial charge in [0.05, 0.1) is 11.7 Å². The number of hydrogen-bond acceptors (Lipinski definition) is 2. The summed E-state index contributed by atoms with van der Waals surface area (Å²) >= 11 is 5.83. The van der Waals surface area contributed by atoms with Gasteiger partial charge in [-0.1, -0.05) is 11.6 Å². The summed E-state index contributed by atoms with van der Waals surface area (Å²) in [4.78, 5) is 0. The van der Waals surface area contributed by atoms with E-state index in [-0.39, 0.29) is 11.9 Å². The lowest BCUT2D eigenvalue weighted by atomic mass is 10.0. The minimum Gasteiger partial charge on any atom is -0.322 e. The van der Waals surface area contributed by atoms with Crippen LogP contribution in [0.5, 0.6) is 0 Å². The van der Waals surface area contributed by atoms with E-state index in [4.69, 9.17) is 17.3 Å². The number of aryl methyl sites for hydroxylation is 1. The summed E-state index contributed by atoms with van der Waals surface area (Å²) in [5, 5.41) is 4.55. The van der Waals surface area contributed by atoms with Crippen molar-refractivity contribution in [3.05, 3.63) is 52.6 Å². The van der Waals surface area contributed by atoms with Gasteiger partial charge in [0.15, 0.2) is 0 Å². The molecule has 0 fully saturated rings. The van der Waals surface area contributed by atoms with Gasteiger partial charge in [-0.05, 0) is 36.2 Å². The van der Waals surface area contributed by atoms with E-state index in [1.807, 2.05) is 13.1 Å². The van der Waals surface area contributed by atoms with Crippen LogP contribution in [0, 0.1) is 5.82 Å². The smallest absolute Gasteiger partial charge is 0.126 e. The molecule has 3 nitrogen and oxygen atoms in total. The first-order valence-electron chi connectivity index (χ1n) is 5.25. The third kappa shape index (κ3) is 2.65. The fraction of sp³-hybridized carbons (Fsp3) is 0.250. The zero-order valence-electron chi connectivity index (χ0n) is 9.40. The topological polar surface area (TPSA) is 43.8 Å². The van der Waals surface area contributed by atoms with Crippen LogP contribution in [-0.4, -0.2) is 9.78 Å². The summed E-state index contributed by atoms with van der Waals surface area (Å²) in [6.45, 7) is 0. The summed E-state index contributed by atoms with van der Waals surface area (Å²) in [5.74, 6) is -0.285. The molecule has 1 heterocycles. The van der Waals surface area contributed by atoms with Crippen LogP contribution in [0.15, 0.2) is 30.5 Å².